The Labute approximate surface area is 171 Å². The van der Waals surface area contributed by atoms with E-state index >= 15 is 0 Å². The van der Waals surface area contributed by atoms with Crippen molar-refractivity contribution in [2.24, 2.45) is 0 Å². The van der Waals surface area contributed by atoms with Crippen LogP contribution in [0.1, 0.15) is 41.8 Å². The summed E-state index contributed by atoms with van der Waals surface area (Å²) in [7, 11) is 0. The van der Waals surface area contributed by atoms with E-state index in [0.29, 0.717) is 11.4 Å². The molecule has 3 aromatic rings. The summed E-state index contributed by atoms with van der Waals surface area (Å²) < 4.78 is 5.55. The highest BCUT2D eigenvalue weighted by atomic mass is 16.5. The highest BCUT2D eigenvalue weighted by Crippen LogP contribution is 2.31. The average molecular weight is 387 g/mol. The number of nitrogens with zero attached hydrogens (tertiary/aromatic N) is 2. The van der Waals surface area contributed by atoms with Crippen LogP contribution in [0.25, 0.3) is 11.1 Å². The number of nitrogens with one attached hydrogen (secondary N) is 1. The van der Waals surface area contributed by atoms with Crippen LogP contribution in [0.3, 0.4) is 0 Å². The number of aryl methyl sites for hydroxylation is 1. The van der Waals surface area contributed by atoms with Gasteiger partial charge in [-0.25, -0.2) is 4.98 Å². The van der Waals surface area contributed by atoms with Crippen molar-refractivity contribution in [1.82, 2.24) is 15.3 Å². The summed E-state index contributed by atoms with van der Waals surface area (Å²) in [5.41, 5.74) is 5.61. The predicted molar refractivity (Wildman–Crippen MR) is 113 cm³/mol. The van der Waals surface area contributed by atoms with Crippen molar-refractivity contribution >= 4 is 5.91 Å². The molecule has 1 aliphatic carbocycles. The molecule has 1 atom stereocenters. The van der Waals surface area contributed by atoms with Crippen LogP contribution in [0.15, 0.2) is 61.1 Å². The van der Waals surface area contributed by atoms with Gasteiger partial charge in [-0.05, 0) is 73.6 Å². The lowest BCUT2D eigenvalue weighted by atomic mass is 9.83. The topological polar surface area (TPSA) is 64.1 Å². The third kappa shape index (κ3) is 4.45. The molecule has 0 aliphatic heterocycles. The Morgan fingerprint density at radius 2 is 1.97 bits per heavy atom. The molecule has 29 heavy (non-hydrogen) atoms. The van der Waals surface area contributed by atoms with Gasteiger partial charge in [0, 0.05) is 30.7 Å². The fraction of sp³-hybridized carbons (Fsp3) is 0.292. The summed E-state index contributed by atoms with van der Waals surface area (Å²) in [5, 5.41) is 3.18. The molecule has 148 valence electrons. The number of hydrogen-bond donors (Lipinski definition) is 1. The van der Waals surface area contributed by atoms with Crippen molar-refractivity contribution in [2.75, 3.05) is 0 Å². The van der Waals surface area contributed by atoms with Crippen molar-refractivity contribution in [2.45, 2.75) is 45.3 Å². The van der Waals surface area contributed by atoms with Gasteiger partial charge in [-0.2, -0.15) is 0 Å². The molecule has 0 saturated carbocycles. The maximum absolute atomic E-state index is 12.7. The van der Waals surface area contributed by atoms with Crippen molar-refractivity contribution in [3.63, 3.8) is 0 Å². The second-order valence-corrected chi connectivity index (χ2v) is 7.64. The predicted octanol–water partition coefficient (Wildman–Crippen LogP) is 4.22. The number of carbonyl (C=O) groups excluding carboxylic acids is 1. The summed E-state index contributed by atoms with van der Waals surface area (Å²) in [6.07, 6.45) is 7.97. The van der Waals surface area contributed by atoms with E-state index in [1.165, 1.54) is 16.7 Å². The number of carbonyl (C=O) groups is 1. The minimum absolute atomic E-state index is 0.0547. The molecular formula is C24H25N3O2. The summed E-state index contributed by atoms with van der Waals surface area (Å²) in [4.78, 5) is 21.1. The molecule has 1 amide bonds. The molecule has 2 heterocycles. The Kier molecular flexibility index (Phi) is 5.56. The number of amides is 1. The molecule has 1 aliphatic rings. The molecule has 2 aromatic heterocycles. The highest BCUT2D eigenvalue weighted by Gasteiger charge is 2.23. The number of ether oxygens (including phenoxy) is 1. The fourth-order valence-electron chi connectivity index (χ4n) is 3.81. The summed E-state index contributed by atoms with van der Waals surface area (Å²) in [6, 6.07) is 14.1. The maximum atomic E-state index is 12.7. The Bertz CT molecular complexity index is 985. The largest absolute Gasteiger partial charge is 0.475 e. The monoisotopic (exact) mass is 387 g/mol. The summed E-state index contributed by atoms with van der Waals surface area (Å²) >= 11 is 0. The molecule has 0 spiro atoms. The first kappa shape index (κ1) is 19.1. The Morgan fingerprint density at radius 3 is 2.69 bits per heavy atom. The van der Waals surface area contributed by atoms with Gasteiger partial charge in [0.1, 0.15) is 0 Å². The fourth-order valence-corrected chi connectivity index (χ4v) is 3.81. The van der Waals surface area contributed by atoms with Crippen molar-refractivity contribution < 1.29 is 9.53 Å². The molecule has 5 nitrogen and oxygen atoms in total. The third-order valence-electron chi connectivity index (χ3n) is 5.17. The summed E-state index contributed by atoms with van der Waals surface area (Å²) in [5.74, 6) is 0.438. The molecule has 0 unspecified atom stereocenters. The first-order valence-electron chi connectivity index (χ1n) is 10.0. The van der Waals surface area contributed by atoms with Crippen LogP contribution in [-0.4, -0.2) is 28.0 Å². The quantitative estimate of drug-likeness (QED) is 0.712. The standard InChI is InChI=1S/C24H25N3O2/c1-16(2)29-23-9-7-19(15-26-23)24(28)27-20-8-6-17-4-3-5-21(22(17)14-20)18-10-12-25-13-11-18/h3-5,7,9-13,15-16,20H,6,8,14H2,1-2H3,(H,27,28)/t20-/m1/s1. The number of fused-ring (bicyclic) bond motifs is 1. The van der Waals surface area contributed by atoms with Crippen molar-refractivity contribution in [1.29, 1.82) is 0 Å². The maximum Gasteiger partial charge on any atom is 0.253 e. The Morgan fingerprint density at radius 1 is 1.14 bits per heavy atom. The average Bonchev–Trinajstić information content (AvgIpc) is 2.74. The van der Waals surface area contributed by atoms with Crippen LogP contribution in [0.4, 0.5) is 0 Å². The SMILES string of the molecule is CC(C)Oc1ccc(C(=O)N[C@@H]2CCc3cccc(-c4ccncc4)c3C2)cn1. The number of aromatic nitrogens is 2. The van der Waals surface area contributed by atoms with Crippen LogP contribution < -0.4 is 10.1 Å². The number of benzene rings is 1. The van der Waals surface area contributed by atoms with Gasteiger partial charge in [-0.15, -0.1) is 0 Å². The minimum Gasteiger partial charge on any atom is -0.475 e. The minimum atomic E-state index is -0.0940. The normalized spacial score (nSPS) is 15.6. The molecular weight excluding hydrogens is 362 g/mol. The van der Waals surface area contributed by atoms with Crippen LogP contribution in [0, 0.1) is 0 Å². The molecule has 0 bridgehead atoms. The van der Waals surface area contributed by atoms with Gasteiger partial charge in [0.05, 0.1) is 11.7 Å². The van der Waals surface area contributed by atoms with Crippen LogP contribution in [0.5, 0.6) is 5.88 Å². The molecule has 0 saturated heterocycles. The van der Waals surface area contributed by atoms with E-state index in [9.17, 15) is 4.79 Å². The van der Waals surface area contributed by atoms with E-state index < -0.39 is 0 Å². The van der Waals surface area contributed by atoms with Crippen LogP contribution in [-0.2, 0) is 12.8 Å². The van der Waals surface area contributed by atoms with Gasteiger partial charge in [-0.1, -0.05) is 18.2 Å². The van der Waals surface area contributed by atoms with E-state index in [1.54, 1.807) is 18.3 Å². The lowest BCUT2D eigenvalue weighted by Crippen LogP contribution is -2.39. The van der Waals surface area contributed by atoms with E-state index in [2.05, 4.69) is 33.5 Å². The number of hydrogen-bond acceptors (Lipinski definition) is 4. The zero-order valence-corrected chi connectivity index (χ0v) is 16.8. The molecule has 5 heteroatoms. The number of pyridine rings is 2. The first-order valence-corrected chi connectivity index (χ1v) is 10.0. The first-order chi connectivity index (χ1) is 14.1. The molecule has 4 rings (SSSR count). The molecule has 0 fully saturated rings. The lowest BCUT2D eigenvalue weighted by molar-refractivity contribution is 0.0933. The van der Waals surface area contributed by atoms with E-state index in [0.717, 1.165) is 24.8 Å². The smallest absolute Gasteiger partial charge is 0.253 e. The van der Waals surface area contributed by atoms with Gasteiger partial charge in [-0.3, -0.25) is 9.78 Å². The van der Waals surface area contributed by atoms with Gasteiger partial charge < -0.3 is 10.1 Å². The Balaban J connectivity index is 1.48. The van der Waals surface area contributed by atoms with Crippen LogP contribution in [0.2, 0.25) is 0 Å². The van der Waals surface area contributed by atoms with E-state index in [4.69, 9.17) is 4.74 Å². The third-order valence-corrected chi connectivity index (χ3v) is 5.17. The zero-order valence-electron chi connectivity index (χ0n) is 16.8. The van der Waals surface area contributed by atoms with Gasteiger partial charge in [0.2, 0.25) is 5.88 Å². The van der Waals surface area contributed by atoms with E-state index in [-0.39, 0.29) is 18.1 Å². The highest BCUT2D eigenvalue weighted by molar-refractivity contribution is 5.94. The van der Waals surface area contributed by atoms with Crippen molar-refractivity contribution in [3.8, 4) is 17.0 Å². The second kappa shape index (κ2) is 8.43. The van der Waals surface area contributed by atoms with Gasteiger partial charge >= 0.3 is 0 Å². The van der Waals surface area contributed by atoms with E-state index in [1.807, 2.05) is 38.4 Å². The molecule has 1 aromatic carbocycles. The van der Waals surface area contributed by atoms with Gasteiger partial charge in [0.25, 0.3) is 5.91 Å². The summed E-state index contributed by atoms with van der Waals surface area (Å²) in [6.45, 7) is 3.90. The second-order valence-electron chi connectivity index (χ2n) is 7.64. The lowest BCUT2D eigenvalue weighted by Gasteiger charge is -2.27. The number of rotatable bonds is 5. The molecule has 1 N–H and O–H groups in total. The zero-order chi connectivity index (χ0) is 20.2. The van der Waals surface area contributed by atoms with Gasteiger partial charge in [0.15, 0.2) is 0 Å². The van der Waals surface area contributed by atoms with Crippen molar-refractivity contribution in [3.05, 3.63) is 77.7 Å². The van der Waals surface area contributed by atoms with Crippen LogP contribution >= 0.6 is 0 Å². The molecule has 0 radical (unpaired) electrons. The Hall–Kier alpha value is -3.21.